The Morgan fingerprint density at radius 2 is 2.20 bits per heavy atom. The normalized spacial score (nSPS) is 10.2. The molecule has 0 fully saturated rings. The van der Waals surface area contributed by atoms with Crippen molar-refractivity contribution in [2.24, 2.45) is 7.05 Å². The maximum atomic E-state index is 12.2. The van der Waals surface area contributed by atoms with Crippen molar-refractivity contribution in [2.45, 2.75) is 19.8 Å². The Balaban J connectivity index is 2.60. The van der Waals surface area contributed by atoms with E-state index in [9.17, 15) is 9.59 Å². The number of aromatic nitrogens is 2. The number of carbonyl (C=O) groups excluding carboxylic acids is 2. The Labute approximate surface area is 118 Å². The van der Waals surface area contributed by atoms with E-state index in [1.165, 1.54) is 16.7 Å². The van der Waals surface area contributed by atoms with Gasteiger partial charge in [-0.3, -0.25) is 14.3 Å². The van der Waals surface area contributed by atoms with Crippen molar-refractivity contribution in [1.29, 1.82) is 0 Å². The predicted octanol–water partition coefficient (Wildman–Crippen LogP) is 0.417. The molecule has 0 spiro atoms. The fourth-order valence-corrected chi connectivity index (χ4v) is 1.72. The van der Waals surface area contributed by atoms with Gasteiger partial charge in [0.2, 0.25) is 11.8 Å². The van der Waals surface area contributed by atoms with E-state index in [1.807, 2.05) is 0 Å². The summed E-state index contributed by atoms with van der Waals surface area (Å²) in [6.07, 6.45) is 3.52. The molecular weight excluding hydrogens is 260 g/mol. The average Bonchev–Trinajstić information content (AvgIpc) is 2.79. The third-order valence-corrected chi connectivity index (χ3v) is 2.80. The molecule has 0 unspecified atom stereocenters. The molecule has 2 amide bonds. The summed E-state index contributed by atoms with van der Waals surface area (Å²) in [5, 5.41) is 6.79. The molecule has 112 valence electrons. The lowest BCUT2D eigenvalue weighted by Gasteiger charge is -2.16. The molecule has 0 radical (unpaired) electrons. The molecule has 7 nitrogen and oxygen atoms in total. The van der Waals surface area contributed by atoms with E-state index in [0.29, 0.717) is 12.1 Å². The second-order valence-electron chi connectivity index (χ2n) is 4.59. The largest absolute Gasteiger partial charge is 0.479 e. The van der Waals surface area contributed by atoms with Crippen molar-refractivity contribution in [3.63, 3.8) is 0 Å². The van der Waals surface area contributed by atoms with Crippen LogP contribution in [0, 0.1) is 0 Å². The number of unbranched alkanes of at least 4 members (excludes halogenated alkanes) is 1. The van der Waals surface area contributed by atoms with Crippen LogP contribution in [0.2, 0.25) is 0 Å². The summed E-state index contributed by atoms with van der Waals surface area (Å²) in [5.74, 6) is -0.200. The summed E-state index contributed by atoms with van der Waals surface area (Å²) >= 11 is 0. The van der Waals surface area contributed by atoms with Crippen LogP contribution in [0.3, 0.4) is 0 Å². The number of hydrogen-bond donors (Lipinski definition) is 1. The van der Waals surface area contributed by atoms with Crippen LogP contribution in [-0.2, 0) is 11.8 Å². The third kappa shape index (κ3) is 4.25. The quantitative estimate of drug-likeness (QED) is 0.735. The minimum atomic E-state index is -0.291. The number of carbonyl (C=O) groups is 2. The summed E-state index contributed by atoms with van der Waals surface area (Å²) < 4.78 is 6.54. The molecule has 0 saturated heterocycles. The summed E-state index contributed by atoms with van der Waals surface area (Å²) in [6.45, 7) is 2.70. The molecule has 1 N–H and O–H groups in total. The lowest BCUT2D eigenvalue weighted by atomic mass is 10.3. The van der Waals surface area contributed by atoms with E-state index in [2.05, 4.69) is 17.3 Å². The number of nitrogens with zero attached hydrogens (tertiary/aromatic N) is 3. The maximum Gasteiger partial charge on any atom is 0.261 e. The van der Waals surface area contributed by atoms with Crippen LogP contribution in [0.1, 0.15) is 30.1 Å². The Morgan fingerprint density at radius 3 is 2.80 bits per heavy atom. The fraction of sp³-hybridized carbons (Fsp3) is 0.615. The van der Waals surface area contributed by atoms with Gasteiger partial charge in [-0.15, -0.1) is 5.10 Å². The van der Waals surface area contributed by atoms with Crippen molar-refractivity contribution < 1.29 is 14.3 Å². The number of rotatable bonds is 7. The van der Waals surface area contributed by atoms with E-state index in [-0.39, 0.29) is 24.2 Å². The second kappa shape index (κ2) is 7.52. The molecule has 1 heterocycles. The zero-order valence-electron chi connectivity index (χ0n) is 12.5. The van der Waals surface area contributed by atoms with Crippen molar-refractivity contribution in [2.75, 3.05) is 27.2 Å². The molecular formula is C13H22N4O3. The van der Waals surface area contributed by atoms with Gasteiger partial charge >= 0.3 is 0 Å². The molecule has 7 heteroatoms. The van der Waals surface area contributed by atoms with Gasteiger partial charge in [-0.2, -0.15) is 0 Å². The first-order chi connectivity index (χ1) is 9.49. The summed E-state index contributed by atoms with van der Waals surface area (Å²) in [6, 6.07) is 0. The summed E-state index contributed by atoms with van der Waals surface area (Å²) in [5.41, 5.74) is 0.346. The summed E-state index contributed by atoms with van der Waals surface area (Å²) in [7, 11) is 4.74. The first-order valence-corrected chi connectivity index (χ1v) is 6.59. The fourth-order valence-electron chi connectivity index (χ4n) is 1.72. The van der Waals surface area contributed by atoms with Crippen molar-refractivity contribution in [3.05, 3.63) is 11.8 Å². The highest BCUT2D eigenvalue weighted by Crippen LogP contribution is 2.16. The zero-order valence-corrected chi connectivity index (χ0v) is 12.5. The molecule has 1 rings (SSSR count). The van der Waals surface area contributed by atoms with Crippen LogP contribution in [0.5, 0.6) is 5.88 Å². The van der Waals surface area contributed by atoms with E-state index in [0.717, 1.165) is 12.8 Å². The van der Waals surface area contributed by atoms with Gasteiger partial charge in [0.25, 0.3) is 5.91 Å². The molecule has 20 heavy (non-hydrogen) atoms. The number of ether oxygens (including phenoxy) is 1. The highest BCUT2D eigenvalue weighted by molar-refractivity contribution is 5.98. The zero-order chi connectivity index (χ0) is 15.1. The van der Waals surface area contributed by atoms with Crippen molar-refractivity contribution >= 4 is 11.8 Å². The molecule has 0 aromatic carbocycles. The SMILES string of the molecule is CCCCNC(=O)CN(C)C(=O)c1cn(C)nc1OC. The van der Waals surface area contributed by atoms with Gasteiger partial charge in [-0.05, 0) is 6.42 Å². The highest BCUT2D eigenvalue weighted by atomic mass is 16.5. The molecule has 0 bridgehead atoms. The number of amides is 2. The van der Waals surface area contributed by atoms with Gasteiger partial charge < -0.3 is 15.0 Å². The lowest BCUT2D eigenvalue weighted by Crippen LogP contribution is -2.38. The Bertz CT molecular complexity index is 470. The number of nitrogens with one attached hydrogen (secondary N) is 1. The van der Waals surface area contributed by atoms with Gasteiger partial charge in [0.15, 0.2) is 0 Å². The third-order valence-electron chi connectivity index (χ3n) is 2.80. The standard InChI is InChI=1S/C13H22N4O3/c1-5-6-7-14-11(18)9-16(2)13(19)10-8-17(3)15-12(10)20-4/h8H,5-7,9H2,1-4H3,(H,14,18). The van der Waals surface area contributed by atoms with Gasteiger partial charge in [-0.1, -0.05) is 13.3 Å². The summed E-state index contributed by atoms with van der Waals surface area (Å²) in [4.78, 5) is 25.2. The number of hydrogen-bond acceptors (Lipinski definition) is 4. The van der Waals surface area contributed by atoms with Crippen LogP contribution in [-0.4, -0.2) is 53.7 Å². The van der Waals surface area contributed by atoms with Crippen molar-refractivity contribution in [1.82, 2.24) is 20.0 Å². The Hall–Kier alpha value is -2.05. The molecule has 0 aliphatic heterocycles. The first kappa shape index (κ1) is 16.0. The van der Waals surface area contributed by atoms with Crippen LogP contribution < -0.4 is 10.1 Å². The van der Waals surface area contributed by atoms with Crippen LogP contribution >= 0.6 is 0 Å². The minimum Gasteiger partial charge on any atom is -0.479 e. The van der Waals surface area contributed by atoms with Gasteiger partial charge in [0.05, 0.1) is 13.7 Å². The lowest BCUT2D eigenvalue weighted by molar-refractivity contribution is -0.121. The number of aryl methyl sites for hydroxylation is 1. The van der Waals surface area contributed by atoms with E-state index in [4.69, 9.17) is 4.74 Å². The maximum absolute atomic E-state index is 12.2. The highest BCUT2D eigenvalue weighted by Gasteiger charge is 2.21. The molecule has 0 aliphatic rings. The Morgan fingerprint density at radius 1 is 1.50 bits per heavy atom. The predicted molar refractivity (Wildman–Crippen MR) is 74.6 cm³/mol. The first-order valence-electron chi connectivity index (χ1n) is 6.59. The van der Waals surface area contributed by atoms with Gasteiger partial charge in [0.1, 0.15) is 5.56 Å². The Kier molecular flexibility index (Phi) is 6.02. The number of likely N-dealkylation sites (N-methyl/N-ethyl adjacent to an activating group) is 1. The van der Waals surface area contributed by atoms with Crippen LogP contribution in [0.15, 0.2) is 6.20 Å². The molecule has 1 aromatic rings. The topological polar surface area (TPSA) is 76.5 Å². The van der Waals surface area contributed by atoms with Crippen LogP contribution in [0.25, 0.3) is 0 Å². The van der Waals surface area contributed by atoms with Gasteiger partial charge in [-0.25, -0.2) is 0 Å². The second-order valence-corrected chi connectivity index (χ2v) is 4.59. The monoisotopic (exact) mass is 282 g/mol. The van der Waals surface area contributed by atoms with E-state index in [1.54, 1.807) is 20.3 Å². The van der Waals surface area contributed by atoms with E-state index >= 15 is 0 Å². The molecule has 1 aromatic heterocycles. The van der Waals surface area contributed by atoms with Crippen molar-refractivity contribution in [3.8, 4) is 5.88 Å². The average molecular weight is 282 g/mol. The van der Waals surface area contributed by atoms with E-state index < -0.39 is 0 Å². The smallest absolute Gasteiger partial charge is 0.261 e. The minimum absolute atomic E-state index is 0.0145. The van der Waals surface area contributed by atoms with Gasteiger partial charge in [0, 0.05) is 26.8 Å². The molecule has 0 atom stereocenters. The number of methoxy groups -OCH3 is 1. The van der Waals surface area contributed by atoms with Crippen LogP contribution in [0.4, 0.5) is 0 Å². The molecule has 0 saturated carbocycles. The molecule has 0 aliphatic carbocycles.